The number of hydrogen-bond donors (Lipinski definition) is 2. The van der Waals surface area contributed by atoms with Crippen molar-refractivity contribution in [1.29, 1.82) is 0 Å². The molecule has 0 spiro atoms. The monoisotopic (exact) mass is 294 g/mol. The van der Waals surface area contributed by atoms with E-state index in [0.717, 1.165) is 43.3 Å². The molecule has 110 valence electrons. The lowest BCUT2D eigenvalue weighted by molar-refractivity contribution is -0.0192. The van der Waals surface area contributed by atoms with Gasteiger partial charge in [-0.2, -0.15) is 0 Å². The normalized spacial score (nSPS) is 19.8. The van der Waals surface area contributed by atoms with E-state index in [2.05, 4.69) is 22.1 Å². The van der Waals surface area contributed by atoms with Crippen molar-refractivity contribution in [2.45, 2.75) is 20.0 Å². The van der Waals surface area contributed by atoms with Crippen molar-refractivity contribution in [2.24, 2.45) is 5.73 Å². The molecule has 1 unspecified atom stereocenters. The summed E-state index contributed by atoms with van der Waals surface area (Å²) in [6.07, 6.45) is 0.171. The van der Waals surface area contributed by atoms with Crippen LogP contribution in [0.5, 0.6) is 0 Å². The molecule has 1 saturated heterocycles. The summed E-state index contributed by atoms with van der Waals surface area (Å²) >= 11 is 5.06. The number of likely N-dealkylation sites (N-methyl/N-ethyl adjacent to an activating group) is 1. The van der Waals surface area contributed by atoms with Gasteiger partial charge in [-0.25, -0.2) is 4.98 Å². The highest BCUT2D eigenvalue weighted by Gasteiger charge is 2.19. The lowest BCUT2D eigenvalue weighted by atomic mass is 10.2. The average Bonchev–Trinajstić information content (AvgIpc) is 2.45. The van der Waals surface area contributed by atoms with Gasteiger partial charge in [-0.15, -0.1) is 0 Å². The predicted octanol–water partition coefficient (Wildman–Crippen LogP) is 1.16. The van der Waals surface area contributed by atoms with Gasteiger partial charge >= 0.3 is 0 Å². The fourth-order valence-corrected chi connectivity index (χ4v) is 2.46. The number of aryl methyl sites for hydroxylation is 1. The van der Waals surface area contributed by atoms with Crippen LogP contribution in [0.3, 0.4) is 0 Å². The Morgan fingerprint density at radius 1 is 1.60 bits per heavy atom. The third kappa shape index (κ3) is 3.88. The fourth-order valence-electron chi connectivity index (χ4n) is 2.29. The molecule has 0 saturated carbocycles. The number of hydrogen-bond acceptors (Lipinski definition) is 5. The summed E-state index contributed by atoms with van der Waals surface area (Å²) in [7, 11) is 0. The molecule has 0 bridgehead atoms. The molecule has 1 aromatic rings. The maximum Gasteiger partial charge on any atom is 0.136 e. The summed E-state index contributed by atoms with van der Waals surface area (Å²) in [5, 5.41) is 3.32. The van der Waals surface area contributed by atoms with E-state index in [9.17, 15) is 0 Å². The first-order valence-electron chi connectivity index (χ1n) is 6.95. The molecule has 2 rings (SSSR count). The molecular weight excluding hydrogens is 272 g/mol. The Bertz CT molecular complexity index is 480. The minimum atomic E-state index is 0.171. The minimum absolute atomic E-state index is 0.171. The first-order chi connectivity index (χ1) is 9.60. The standard InChI is InChI=1S/C14H22N4OS/c1-3-18-6-7-19-11(9-18)8-16-14-12(13(15)20)5-4-10(2)17-14/h4-5,11H,3,6-9H2,1-2H3,(H2,15,20)(H,16,17). The molecule has 1 fully saturated rings. The van der Waals surface area contributed by atoms with E-state index in [4.69, 9.17) is 22.7 Å². The van der Waals surface area contributed by atoms with E-state index in [0.29, 0.717) is 11.5 Å². The van der Waals surface area contributed by atoms with E-state index >= 15 is 0 Å². The van der Waals surface area contributed by atoms with E-state index in [1.807, 2.05) is 19.1 Å². The molecule has 0 aromatic carbocycles. The molecule has 1 aliphatic heterocycles. The van der Waals surface area contributed by atoms with Crippen LogP contribution in [0, 0.1) is 6.92 Å². The molecule has 5 nitrogen and oxygen atoms in total. The lowest BCUT2D eigenvalue weighted by Crippen LogP contribution is -2.45. The first kappa shape index (κ1) is 15.2. The van der Waals surface area contributed by atoms with Crippen LogP contribution in [0.15, 0.2) is 12.1 Å². The molecule has 0 aliphatic carbocycles. The van der Waals surface area contributed by atoms with Gasteiger partial charge in [0.05, 0.1) is 18.3 Å². The number of anilines is 1. The second kappa shape index (κ2) is 6.97. The molecule has 3 N–H and O–H groups in total. The van der Waals surface area contributed by atoms with Crippen molar-refractivity contribution >= 4 is 23.0 Å². The van der Waals surface area contributed by atoms with Crippen molar-refractivity contribution in [3.05, 3.63) is 23.4 Å². The summed E-state index contributed by atoms with van der Waals surface area (Å²) in [6.45, 7) is 8.62. The van der Waals surface area contributed by atoms with Crippen LogP contribution in [0.25, 0.3) is 0 Å². The van der Waals surface area contributed by atoms with E-state index in [1.54, 1.807) is 0 Å². The summed E-state index contributed by atoms with van der Waals surface area (Å²) < 4.78 is 5.77. The molecule has 20 heavy (non-hydrogen) atoms. The van der Waals surface area contributed by atoms with Gasteiger partial charge < -0.3 is 15.8 Å². The molecule has 1 aliphatic rings. The van der Waals surface area contributed by atoms with Crippen LogP contribution >= 0.6 is 12.2 Å². The molecule has 0 amide bonds. The molecule has 1 aromatic heterocycles. The number of nitrogens with two attached hydrogens (primary N) is 1. The molecule has 0 radical (unpaired) electrons. The summed E-state index contributed by atoms with van der Waals surface area (Å²) in [4.78, 5) is 7.21. The number of ether oxygens (including phenoxy) is 1. The molecule has 1 atom stereocenters. The van der Waals surface area contributed by atoms with Gasteiger partial charge in [0.25, 0.3) is 0 Å². The van der Waals surface area contributed by atoms with Gasteiger partial charge in [0.2, 0.25) is 0 Å². The van der Waals surface area contributed by atoms with Crippen LogP contribution in [-0.4, -0.2) is 53.8 Å². The quantitative estimate of drug-likeness (QED) is 0.795. The van der Waals surface area contributed by atoms with Crippen molar-refractivity contribution in [1.82, 2.24) is 9.88 Å². The van der Waals surface area contributed by atoms with Crippen LogP contribution < -0.4 is 11.1 Å². The third-order valence-corrected chi connectivity index (χ3v) is 3.69. The number of thiocarbonyl (C=S) groups is 1. The SMILES string of the molecule is CCN1CCOC(CNc2nc(C)ccc2C(N)=S)C1. The lowest BCUT2D eigenvalue weighted by Gasteiger charge is -2.32. The van der Waals surface area contributed by atoms with Crippen LogP contribution in [0.4, 0.5) is 5.82 Å². The number of rotatable bonds is 5. The Kier molecular flexibility index (Phi) is 5.28. The Balaban J connectivity index is 1.99. The predicted molar refractivity (Wildman–Crippen MR) is 85.2 cm³/mol. The first-order valence-corrected chi connectivity index (χ1v) is 7.36. The van der Waals surface area contributed by atoms with Gasteiger partial charge in [-0.05, 0) is 25.6 Å². The topological polar surface area (TPSA) is 63.4 Å². The van der Waals surface area contributed by atoms with Gasteiger partial charge in [0, 0.05) is 25.3 Å². The van der Waals surface area contributed by atoms with Crippen molar-refractivity contribution in [3.8, 4) is 0 Å². The number of nitrogens with one attached hydrogen (secondary N) is 1. The second-order valence-corrected chi connectivity index (χ2v) is 5.42. The third-order valence-electron chi connectivity index (χ3n) is 3.47. The maximum atomic E-state index is 5.77. The van der Waals surface area contributed by atoms with Crippen molar-refractivity contribution in [3.63, 3.8) is 0 Å². The highest BCUT2D eigenvalue weighted by Crippen LogP contribution is 2.14. The number of aromatic nitrogens is 1. The zero-order valence-electron chi connectivity index (χ0n) is 12.1. The Hall–Kier alpha value is -1.24. The van der Waals surface area contributed by atoms with E-state index < -0.39 is 0 Å². The summed E-state index contributed by atoms with van der Waals surface area (Å²) in [5.74, 6) is 0.745. The van der Waals surface area contributed by atoms with Gasteiger partial charge in [-0.3, -0.25) is 4.90 Å². The smallest absolute Gasteiger partial charge is 0.136 e. The van der Waals surface area contributed by atoms with Gasteiger partial charge in [0.1, 0.15) is 10.8 Å². The Labute approximate surface area is 125 Å². The zero-order chi connectivity index (χ0) is 14.5. The Morgan fingerprint density at radius 3 is 3.10 bits per heavy atom. The highest BCUT2D eigenvalue weighted by atomic mass is 32.1. The molecular formula is C14H22N4OS. The van der Waals surface area contributed by atoms with E-state index in [-0.39, 0.29) is 6.10 Å². The van der Waals surface area contributed by atoms with Crippen molar-refractivity contribution < 1.29 is 4.74 Å². The van der Waals surface area contributed by atoms with Crippen LogP contribution in [0.1, 0.15) is 18.2 Å². The fraction of sp³-hybridized carbons (Fsp3) is 0.571. The minimum Gasteiger partial charge on any atom is -0.389 e. The molecule has 6 heteroatoms. The molecule has 2 heterocycles. The average molecular weight is 294 g/mol. The zero-order valence-corrected chi connectivity index (χ0v) is 12.9. The highest BCUT2D eigenvalue weighted by molar-refractivity contribution is 7.80. The maximum absolute atomic E-state index is 5.77. The van der Waals surface area contributed by atoms with Gasteiger partial charge in [-0.1, -0.05) is 19.1 Å². The number of morpholine rings is 1. The van der Waals surface area contributed by atoms with Crippen LogP contribution in [-0.2, 0) is 4.74 Å². The van der Waals surface area contributed by atoms with Gasteiger partial charge in [0.15, 0.2) is 0 Å². The summed E-state index contributed by atoms with van der Waals surface area (Å²) in [5.41, 5.74) is 7.45. The largest absolute Gasteiger partial charge is 0.389 e. The van der Waals surface area contributed by atoms with Crippen molar-refractivity contribution in [2.75, 3.05) is 38.1 Å². The Morgan fingerprint density at radius 2 is 2.40 bits per heavy atom. The number of pyridine rings is 1. The summed E-state index contributed by atoms with van der Waals surface area (Å²) in [6, 6.07) is 3.82. The van der Waals surface area contributed by atoms with Crippen LogP contribution in [0.2, 0.25) is 0 Å². The number of nitrogens with zero attached hydrogens (tertiary/aromatic N) is 2. The van der Waals surface area contributed by atoms with E-state index in [1.165, 1.54) is 0 Å². The second-order valence-electron chi connectivity index (χ2n) is 4.98.